The first-order chi connectivity index (χ1) is 13.0. The number of halogens is 1. The van der Waals surface area contributed by atoms with E-state index in [0.717, 1.165) is 0 Å². The minimum Gasteiger partial charge on any atom is -0.491 e. The van der Waals surface area contributed by atoms with Gasteiger partial charge in [0.25, 0.3) is 5.91 Å². The molecule has 0 heterocycles. The van der Waals surface area contributed by atoms with Crippen LogP contribution in [0.15, 0.2) is 18.2 Å². The van der Waals surface area contributed by atoms with Gasteiger partial charge in [0.05, 0.1) is 5.56 Å². The number of rotatable bonds is 10. The van der Waals surface area contributed by atoms with Crippen molar-refractivity contribution in [2.45, 2.75) is 52.2 Å². The maximum Gasteiger partial charge on any atom is 0.325 e. The van der Waals surface area contributed by atoms with E-state index in [1.807, 2.05) is 13.8 Å². The van der Waals surface area contributed by atoms with Crippen LogP contribution in [0.1, 0.15) is 44.5 Å². The third-order valence-electron chi connectivity index (χ3n) is 3.75. The molecule has 0 fully saturated rings. The minimum absolute atomic E-state index is 0.0874. The highest BCUT2D eigenvalue weighted by Crippen LogP contribution is 2.23. The molecule has 2 amide bonds. The zero-order valence-electron chi connectivity index (χ0n) is 16.5. The van der Waals surface area contributed by atoms with E-state index in [9.17, 15) is 14.4 Å². The third kappa shape index (κ3) is 7.74. The van der Waals surface area contributed by atoms with Gasteiger partial charge in [-0.3, -0.25) is 14.4 Å². The van der Waals surface area contributed by atoms with Crippen molar-refractivity contribution >= 4 is 29.4 Å². The molecule has 9 heteroatoms. The van der Waals surface area contributed by atoms with Crippen molar-refractivity contribution in [1.29, 1.82) is 0 Å². The maximum absolute atomic E-state index is 12.8. The number of amides is 2. The summed E-state index contributed by atoms with van der Waals surface area (Å²) in [6.07, 6.45) is 0.334. The Morgan fingerprint density at radius 2 is 1.82 bits per heavy atom. The van der Waals surface area contributed by atoms with Crippen LogP contribution >= 0.6 is 11.6 Å². The van der Waals surface area contributed by atoms with Gasteiger partial charge in [-0.05, 0) is 44.4 Å². The van der Waals surface area contributed by atoms with Gasteiger partial charge in [0, 0.05) is 11.1 Å². The number of hydrogen-bond acceptors (Lipinski definition) is 5. The van der Waals surface area contributed by atoms with E-state index in [1.165, 1.54) is 13.0 Å². The molecule has 0 saturated heterocycles. The molecule has 1 aromatic carbocycles. The van der Waals surface area contributed by atoms with Crippen LogP contribution < -0.4 is 21.1 Å². The first-order valence-corrected chi connectivity index (χ1v) is 9.41. The Labute approximate surface area is 169 Å². The van der Waals surface area contributed by atoms with E-state index in [1.54, 1.807) is 19.1 Å². The van der Waals surface area contributed by atoms with Crippen LogP contribution in [0.4, 0.5) is 0 Å². The molecule has 28 heavy (non-hydrogen) atoms. The number of carbonyl (C=O) groups is 3. The lowest BCUT2D eigenvalue weighted by Gasteiger charge is -2.22. The van der Waals surface area contributed by atoms with Crippen LogP contribution in [0.3, 0.4) is 0 Å². The van der Waals surface area contributed by atoms with E-state index in [2.05, 4.69) is 10.6 Å². The molecular weight excluding hydrogens is 386 g/mol. The molecule has 8 nitrogen and oxygen atoms in total. The molecule has 0 spiro atoms. The summed E-state index contributed by atoms with van der Waals surface area (Å²) < 4.78 is 5.57. The number of ether oxygens (including phenoxy) is 1. The van der Waals surface area contributed by atoms with Crippen molar-refractivity contribution in [2.24, 2.45) is 11.7 Å². The van der Waals surface area contributed by atoms with Gasteiger partial charge >= 0.3 is 5.97 Å². The van der Waals surface area contributed by atoms with Crippen molar-refractivity contribution in [2.75, 3.05) is 6.61 Å². The molecule has 0 aliphatic heterocycles. The summed E-state index contributed by atoms with van der Waals surface area (Å²) in [5.74, 6) is -1.90. The van der Waals surface area contributed by atoms with Crippen LogP contribution in [0, 0.1) is 5.92 Å². The average Bonchev–Trinajstić information content (AvgIpc) is 2.59. The van der Waals surface area contributed by atoms with Gasteiger partial charge in [0.1, 0.15) is 24.4 Å². The first-order valence-electron chi connectivity index (χ1n) is 9.03. The van der Waals surface area contributed by atoms with Crippen LogP contribution in [0.2, 0.25) is 5.02 Å². The van der Waals surface area contributed by atoms with E-state index in [0.29, 0.717) is 17.2 Å². The van der Waals surface area contributed by atoms with Crippen LogP contribution in [0.25, 0.3) is 0 Å². The molecular formula is C19H28ClN3O5. The van der Waals surface area contributed by atoms with Crippen molar-refractivity contribution in [3.8, 4) is 5.75 Å². The van der Waals surface area contributed by atoms with E-state index >= 15 is 0 Å². The molecule has 1 aromatic rings. The highest BCUT2D eigenvalue weighted by molar-refractivity contribution is 6.31. The van der Waals surface area contributed by atoms with E-state index in [4.69, 9.17) is 27.2 Å². The van der Waals surface area contributed by atoms with Gasteiger partial charge in [-0.15, -0.1) is 0 Å². The van der Waals surface area contributed by atoms with Gasteiger partial charge in [-0.25, -0.2) is 0 Å². The molecule has 0 bridgehead atoms. The Morgan fingerprint density at radius 3 is 2.36 bits per heavy atom. The van der Waals surface area contributed by atoms with Crippen molar-refractivity contribution in [1.82, 2.24) is 10.6 Å². The predicted octanol–water partition coefficient (Wildman–Crippen LogP) is 1.80. The second kappa shape index (κ2) is 10.9. The quantitative estimate of drug-likeness (QED) is 0.462. The molecule has 0 unspecified atom stereocenters. The number of nitrogens with two attached hydrogens (primary N) is 1. The minimum atomic E-state index is -1.16. The molecule has 0 aromatic heterocycles. The molecule has 5 N–H and O–H groups in total. The largest absolute Gasteiger partial charge is 0.491 e. The summed E-state index contributed by atoms with van der Waals surface area (Å²) in [7, 11) is 0. The van der Waals surface area contributed by atoms with Gasteiger partial charge in [0.2, 0.25) is 5.91 Å². The smallest absolute Gasteiger partial charge is 0.325 e. The topological polar surface area (TPSA) is 131 Å². The lowest BCUT2D eigenvalue weighted by molar-refractivity contribution is -0.141. The van der Waals surface area contributed by atoms with Crippen LogP contribution in [0.5, 0.6) is 5.75 Å². The van der Waals surface area contributed by atoms with Crippen molar-refractivity contribution in [3.63, 3.8) is 0 Å². The summed E-state index contributed by atoms with van der Waals surface area (Å²) in [6, 6.07) is 2.37. The number of benzene rings is 1. The van der Waals surface area contributed by atoms with Gasteiger partial charge < -0.3 is 26.2 Å². The van der Waals surface area contributed by atoms with Gasteiger partial charge in [-0.1, -0.05) is 25.4 Å². The highest BCUT2D eigenvalue weighted by atomic mass is 35.5. The van der Waals surface area contributed by atoms with E-state index in [-0.39, 0.29) is 24.1 Å². The second-order valence-electron chi connectivity index (χ2n) is 7.15. The number of carboxylic acid groups (broad SMARTS) is 1. The van der Waals surface area contributed by atoms with E-state index < -0.39 is 29.9 Å². The normalized spacial score (nSPS) is 14.1. The molecule has 0 saturated carbocycles. The summed E-state index contributed by atoms with van der Waals surface area (Å²) in [5, 5.41) is 14.3. The Morgan fingerprint density at radius 1 is 1.18 bits per heavy atom. The standard InChI is InChI=1S/C19H28ClN3O5/c1-10(2)7-15(18(25)22-12(4)19(26)27)23-17(24)14-8-13(20)5-6-16(14)28-9-11(3)21/h5-6,8,10-12,15H,7,9,21H2,1-4H3,(H,22,25)(H,23,24)(H,26,27)/t11-,12+,15+/m1/s1. The molecule has 0 aliphatic carbocycles. The summed E-state index contributed by atoms with van der Waals surface area (Å²) in [5.41, 5.74) is 5.86. The number of carboxylic acids is 1. The summed E-state index contributed by atoms with van der Waals surface area (Å²) in [6.45, 7) is 7.11. The summed E-state index contributed by atoms with van der Waals surface area (Å²) in [4.78, 5) is 36.3. The van der Waals surface area contributed by atoms with Crippen molar-refractivity contribution < 1.29 is 24.2 Å². The van der Waals surface area contributed by atoms with Gasteiger partial charge in [0.15, 0.2) is 0 Å². The lowest BCUT2D eigenvalue weighted by Crippen LogP contribution is -2.51. The predicted molar refractivity (Wildman–Crippen MR) is 107 cm³/mol. The third-order valence-corrected chi connectivity index (χ3v) is 3.98. The Balaban J connectivity index is 3.02. The molecule has 3 atom stereocenters. The number of nitrogens with one attached hydrogen (secondary N) is 2. The van der Waals surface area contributed by atoms with Crippen LogP contribution in [-0.2, 0) is 9.59 Å². The number of hydrogen-bond donors (Lipinski definition) is 4. The fraction of sp³-hybridized carbons (Fsp3) is 0.526. The number of aliphatic carboxylic acids is 1. The monoisotopic (exact) mass is 413 g/mol. The average molecular weight is 414 g/mol. The first kappa shape index (κ1) is 23.7. The molecule has 1 rings (SSSR count). The van der Waals surface area contributed by atoms with Gasteiger partial charge in [-0.2, -0.15) is 0 Å². The molecule has 0 aliphatic rings. The highest BCUT2D eigenvalue weighted by Gasteiger charge is 2.26. The SMILES string of the molecule is CC(C)C[C@H](NC(=O)c1cc(Cl)ccc1OC[C@@H](C)N)C(=O)N[C@@H](C)C(=O)O. The summed E-state index contributed by atoms with van der Waals surface area (Å²) >= 11 is 6.01. The Bertz CT molecular complexity index is 709. The zero-order valence-corrected chi connectivity index (χ0v) is 17.2. The Hall–Kier alpha value is -2.32. The lowest BCUT2D eigenvalue weighted by atomic mass is 10.0. The maximum atomic E-state index is 12.8. The zero-order chi connectivity index (χ0) is 21.4. The van der Waals surface area contributed by atoms with Crippen molar-refractivity contribution in [3.05, 3.63) is 28.8 Å². The molecule has 0 radical (unpaired) electrons. The van der Waals surface area contributed by atoms with Crippen LogP contribution in [-0.4, -0.2) is 47.6 Å². The Kier molecular flexibility index (Phi) is 9.21. The fourth-order valence-corrected chi connectivity index (χ4v) is 2.51. The number of carbonyl (C=O) groups excluding carboxylic acids is 2. The fourth-order valence-electron chi connectivity index (χ4n) is 2.34. The molecule has 156 valence electrons. The second-order valence-corrected chi connectivity index (χ2v) is 7.59.